The Morgan fingerprint density at radius 3 is 1.52 bits per heavy atom. The molecule has 0 spiro atoms. The van der Waals surface area contributed by atoms with Gasteiger partial charge in [0, 0.05) is 51.1 Å². The first-order valence-corrected chi connectivity index (χ1v) is 23.2. The van der Waals surface area contributed by atoms with Crippen LogP contribution < -0.4 is 4.90 Å². The molecule has 11 rings (SSSR count). The fourth-order valence-electron chi connectivity index (χ4n) is 8.96. The van der Waals surface area contributed by atoms with E-state index in [1.807, 2.05) is 11.3 Å². The third-order valence-electron chi connectivity index (χ3n) is 11.8. The van der Waals surface area contributed by atoms with Gasteiger partial charge in [-0.1, -0.05) is 164 Å². The second-order valence-corrected chi connectivity index (χ2v) is 19.5. The lowest BCUT2D eigenvalue weighted by Gasteiger charge is -2.42. The summed E-state index contributed by atoms with van der Waals surface area (Å²) in [6.45, 7) is 0. The summed E-state index contributed by atoms with van der Waals surface area (Å²) >= 11 is 1.89. The van der Waals surface area contributed by atoms with Gasteiger partial charge < -0.3 is 4.90 Å². The van der Waals surface area contributed by atoms with Crippen molar-refractivity contribution in [2.24, 2.45) is 0 Å². The van der Waals surface area contributed by atoms with E-state index >= 15 is 0 Å². The van der Waals surface area contributed by atoms with E-state index in [2.05, 4.69) is 254 Å². The summed E-state index contributed by atoms with van der Waals surface area (Å²) < 4.78 is 2.60. The van der Waals surface area contributed by atoms with E-state index in [9.17, 15) is 0 Å². The maximum absolute atomic E-state index is 2.46. The quantitative estimate of drug-likeness (QED) is 0.140. The molecule has 10 aromatic carbocycles. The van der Waals surface area contributed by atoms with Gasteiger partial charge in [-0.15, -0.1) is 21.4 Å². The van der Waals surface area contributed by atoms with Gasteiger partial charge in [0.25, 0.3) is 0 Å². The van der Waals surface area contributed by atoms with Gasteiger partial charge >= 0.3 is 0 Å². The first-order chi connectivity index (χ1) is 30.3. The lowest BCUT2D eigenvalue weighted by molar-refractivity contribution is 1.24. The van der Waals surface area contributed by atoms with E-state index in [-0.39, 0.29) is 0 Å². The average Bonchev–Trinajstić information content (AvgIpc) is 3.74. The first-order valence-electron chi connectivity index (χ1n) is 20.7. The van der Waals surface area contributed by atoms with Crippen molar-refractivity contribution < 1.29 is 0 Å². The van der Waals surface area contributed by atoms with E-state index in [0.717, 1.165) is 17.1 Å². The number of hydrogen-bond donors (Lipinski definition) is 0. The van der Waals surface area contributed by atoms with Crippen LogP contribution in [0.3, 0.4) is 0 Å². The number of hydrogen-bond acceptors (Lipinski definition) is 2. The summed E-state index contributed by atoms with van der Waals surface area (Å²) in [7, 11) is -1.84. The lowest BCUT2D eigenvalue weighted by Crippen LogP contribution is -2.10. The normalized spacial score (nSPS) is 11.9. The molecule has 11 aromatic rings. The second kappa shape index (κ2) is 15.8. The topological polar surface area (TPSA) is 3.24 Å². The molecule has 0 unspecified atom stereocenters. The first kappa shape index (κ1) is 36.9. The van der Waals surface area contributed by atoms with Gasteiger partial charge in [0.05, 0.1) is 5.69 Å². The van der Waals surface area contributed by atoms with Crippen molar-refractivity contribution in [3.8, 4) is 22.3 Å². The van der Waals surface area contributed by atoms with Crippen LogP contribution >= 0.6 is 21.4 Å². The highest BCUT2D eigenvalue weighted by Gasteiger charge is 2.33. The van der Waals surface area contributed by atoms with Crippen molar-refractivity contribution in [2.45, 2.75) is 19.6 Å². The molecular weight excluding hydrogens is 775 g/mol. The van der Waals surface area contributed by atoms with Crippen LogP contribution in [0.5, 0.6) is 0 Å². The molecule has 1 aromatic heterocycles. The van der Waals surface area contributed by atoms with Crippen molar-refractivity contribution in [3.63, 3.8) is 0 Å². The zero-order valence-electron chi connectivity index (χ0n) is 33.4. The van der Waals surface area contributed by atoms with Crippen LogP contribution in [-0.4, -0.2) is 0 Å². The number of anilines is 3. The highest BCUT2D eigenvalue weighted by molar-refractivity contribution is 8.34. The molecule has 0 bridgehead atoms. The summed E-state index contributed by atoms with van der Waals surface area (Å²) in [5.41, 5.74) is 8.14. The van der Waals surface area contributed by atoms with Crippen molar-refractivity contribution >= 4 is 69.4 Å². The van der Waals surface area contributed by atoms with Gasteiger partial charge in [0.1, 0.15) is 0 Å². The molecule has 0 aliphatic carbocycles. The molecule has 290 valence electrons. The minimum atomic E-state index is -1.84. The Labute approximate surface area is 362 Å². The molecule has 0 saturated carbocycles. The Bertz CT molecular complexity index is 3190. The fraction of sp³-hybridized carbons (Fsp3) is 0. The van der Waals surface area contributed by atoms with Crippen LogP contribution in [0.1, 0.15) is 0 Å². The van der Waals surface area contributed by atoms with E-state index in [1.54, 1.807) is 0 Å². The zero-order chi connectivity index (χ0) is 40.6. The van der Waals surface area contributed by atoms with Gasteiger partial charge in [-0.05, 0) is 118 Å². The molecule has 0 radical (unpaired) electrons. The molecule has 0 aliphatic heterocycles. The maximum Gasteiger partial charge on any atom is 0.0554 e. The van der Waals surface area contributed by atoms with Gasteiger partial charge in [-0.2, -0.15) is 0 Å². The molecule has 1 nitrogen and oxygen atoms in total. The largest absolute Gasteiger partial charge is 0.310 e. The Morgan fingerprint density at radius 1 is 0.328 bits per heavy atom. The Morgan fingerprint density at radius 2 is 0.852 bits per heavy atom. The van der Waals surface area contributed by atoms with Gasteiger partial charge in [-0.3, -0.25) is 0 Å². The molecular formula is C58H41NS2. The SMILES string of the molecule is c1ccc(-c2ccc(N(c3cccc(-c4cccc(S(c5ccccc5)(c5ccccc5)c5ccccc5)c4)c3)c3cccc4sc5c6ccccc6ccc5c34)cc2)cc1. The molecule has 0 amide bonds. The van der Waals surface area contributed by atoms with Gasteiger partial charge in [-0.25, -0.2) is 0 Å². The van der Waals surface area contributed by atoms with Crippen molar-refractivity contribution in [1.29, 1.82) is 0 Å². The van der Waals surface area contributed by atoms with Gasteiger partial charge in [0.15, 0.2) is 0 Å². The Balaban J connectivity index is 1.10. The van der Waals surface area contributed by atoms with E-state index in [0.29, 0.717) is 0 Å². The predicted molar refractivity (Wildman–Crippen MR) is 262 cm³/mol. The van der Waals surface area contributed by atoms with Crippen LogP contribution in [0, 0.1) is 0 Å². The highest BCUT2D eigenvalue weighted by atomic mass is 32.3. The molecule has 0 fully saturated rings. The predicted octanol–water partition coefficient (Wildman–Crippen LogP) is 17.4. The fourth-order valence-corrected chi connectivity index (χ4v) is 14.1. The molecule has 1 heterocycles. The third-order valence-corrected chi connectivity index (χ3v) is 16.9. The molecule has 0 aliphatic rings. The summed E-state index contributed by atoms with van der Waals surface area (Å²) in [5.74, 6) is 0. The van der Waals surface area contributed by atoms with Gasteiger partial charge in [0.2, 0.25) is 0 Å². The average molecular weight is 816 g/mol. The minimum absolute atomic E-state index is 1.11. The van der Waals surface area contributed by atoms with Crippen molar-refractivity contribution in [3.05, 3.63) is 249 Å². The number of thiophene rings is 1. The van der Waals surface area contributed by atoms with E-state index < -0.39 is 10.0 Å². The van der Waals surface area contributed by atoms with Crippen molar-refractivity contribution in [1.82, 2.24) is 0 Å². The number of rotatable bonds is 9. The van der Waals surface area contributed by atoms with Crippen LogP contribution in [-0.2, 0) is 0 Å². The number of nitrogens with zero attached hydrogens (tertiary/aromatic N) is 1. The minimum Gasteiger partial charge on any atom is -0.310 e. The van der Waals surface area contributed by atoms with Crippen LogP contribution in [0.15, 0.2) is 268 Å². The Kier molecular flexibility index (Phi) is 9.54. The highest BCUT2D eigenvalue weighted by Crippen LogP contribution is 2.73. The number of fused-ring (bicyclic) bond motifs is 5. The van der Waals surface area contributed by atoms with E-state index in [4.69, 9.17) is 0 Å². The standard InChI is InChI=1S/C58H41NS2/c1-5-18-42(19-6-1)43-34-37-47(38-35-43)59(55-32-17-33-56-57(55)54-39-36-44-20-13-14-31-53(44)58(54)60-56)48-23-15-21-45(40-48)46-22-16-30-52(41-46)61(49-24-7-2-8-25-49,50-26-9-3-10-27-50)51-28-11-4-12-29-51/h1-41H. The van der Waals surface area contributed by atoms with Crippen LogP contribution in [0.25, 0.3) is 53.2 Å². The lowest BCUT2D eigenvalue weighted by atomic mass is 10.0. The summed E-state index contributed by atoms with van der Waals surface area (Å²) in [4.78, 5) is 7.69. The summed E-state index contributed by atoms with van der Waals surface area (Å²) in [5, 5.41) is 5.12. The van der Waals surface area contributed by atoms with E-state index in [1.165, 1.54) is 72.8 Å². The van der Waals surface area contributed by atoms with Crippen LogP contribution in [0.2, 0.25) is 0 Å². The summed E-state index contributed by atoms with van der Waals surface area (Å²) in [6, 6.07) is 91.5. The monoisotopic (exact) mass is 815 g/mol. The second-order valence-electron chi connectivity index (χ2n) is 15.3. The summed E-state index contributed by atoms with van der Waals surface area (Å²) in [6.07, 6.45) is 0. The maximum atomic E-state index is 2.46. The molecule has 0 atom stereocenters. The third kappa shape index (κ3) is 6.51. The van der Waals surface area contributed by atoms with Crippen molar-refractivity contribution in [2.75, 3.05) is 4.90 Å². The zero-order valence-corrected chi connectivity index (χ0v) is 35.1. The molecule has 61 heavy (non-hydrogen) atoms. The molecule has 0 saturated heterocycles. The molecule has 3 heteroatoms. The smallest absolute Gasteiger partial charge is 0.0554 e. The Hall–Kier alpha value is -7.17. The van der Waals surface area contributed by atoms with Crippen LogP contribution in [0.4, 0.5) is 17.1 Å². The molecule has 0 N–H and O–H groups in total. The number of benzene rings is 10.